The molecule has 0 amide bonds. The van der Waals surface area contributed by atoms with E-state index in [0.717, 1.165) is 20.4 Å². The van der Waals surface area contributed by atoms with Crippen LogP contribution in [-0.2, 0) is 9.47 Å². The van der Waals surface area contributed by atoms with Gasteiger partial charge >= 0.3 is 11.9 Å². The molecule has 0 saturated carbocycles. The number of rotatable bonds is 6. The van der Waals surface area contributed by atoms with Crippen molar-refractivity contribution in [2.24, 2.45) is 0 Å². The van der Waals surface area contributed by atoms with Crippen molar-refractivity contribution in [3.63, 3.8) is 0 Å². The van der Waals surface area contributed by atoms with Gasteiger partial charge in [-0.05, 0) is 67.8 Å². The van der Waals surface area contributed by atoms with Crippen molar-refractivity contribution in [1.29, 1.82) is 0 Å². The number of aromatic nitrogens is 2. The number of carbonyl (C=O) groups excluding carboxylic acids is 3. The molecule has 0 aliphatic carbocycles. The number of nitrogens with one attached hydrogen (secondary N) is 2. The summed E-state index contributed by atoms with van der Waals surface area (Å²) in [7, 11) is 0. The summed E-state index contributed by atoms with van der Waals surface area (Å²) in [5, 5.41) is 4.46. The van der Waals surface area contributed by atoms with Crippen LogP contribution in [0.2, 0.25) is 5.02 Å². The molecule has 0 bridgehead atoms. The fourth-order valence-corrected chi connectivity index (χ4v) is 5.19. The van der Waals surface area contributed by atoms with Crippen LogP contribution in [0.25, 0.3) is 20.4 Å². The van der Waals surface area contributed by atoms with Gasteiger partial charge in [-0.25, -0.2) is 9.59 Å². The van der Waals surface area contributed by atoms with E-state index < -0.39 is 5.97 Å². The third kappa shape index (κ3) is 5.64. The predicted octanol–water partition coefficient (Wildman–Crippen LogP) is 6.70. The number of benzene rings is 1. The van der Waals surface area contributed by atoms with Crippen LogP contribution in [0, 0.1) is 0 Å². The van der Waals surface area contributed by atoms with E-state index in [1.807, 2.05) is 17.5 Å². The normalized spacial score (nSPS) is 10.7. The number of hydrogen-bond acceptors (Lipinski definition) is 7. The van der Waals surface area contributed by atoms with E-state index in [9.17, 15) is 14.4 Å². The van der Waals surface area contributed by atoms with Gasteiger partial charge in [0.1, 0.15) is 21.0 Å². The maximum atomic E-state index is 12.4. The third-order valence-corrected chi connectivity index (χ3v) is 7.04. The van der Waals surface area contributed by atoms with Gasteiger partial charge < -0.3 is 19.4 Å². The first-order chi connectivity index (χ1) is 16.9. The Morgan fingerprint density at radius 1 is 0.829 bits per heavy atom. The Balaban J connectivity index is 0.000000189. The Morgan fingerprint density at radius 3 is 2.00 bits per heavy atom. The number of carbonyl (C=O) groups is 3. The number of ether oxygens (including phenoxy) is 2. The number of aromatic amines is 2. The minimum Gasteiger partial charge on any atom is -0.461 e. The Hall–Kier alpha value is -3.40. The molecule has 4 aromatic heterocycles. The van der Waals surface area contributed by atoms with Crippen LogP contribution >= 0.6 is 34.3 Å². The maximum absolute atomic E-state index is 12.4. The number of thiophene rings is 2. The lowest BCUT2D eigenvalue weighted by molar-refractivity contribution is 0.0511. The summed E-state index contributed by atoms with van der Waals surface area (Å²) in [4.78, 5) is 43.7. The minimum absolute atomic E-state index is 0.0658. The number of fused-ring (bicyclic) bond motifs is 2. The van der Waals surface area contributed by atoms with E-state index in [0.29, 0.717) is 40.1 Å². The molecule has 1 aromatic carbocycles. The van der Waals surface area contributed by atoms with Gasteiger partial charge in [-0.3, -0.25) is 4.79 Å². The summed E-state index contributed by atoms with van der Waals surface area (Å²) in [5.41, 5.74) is 1.51. The highest BCUT2D eigenvalue weighted by Gasteiger charge is 2.17. The molecule has 0 aliphatic rings. The monoisotopic (exact) mass is 528 g/mol. The highest BCUT2D eigenvalue weighted by atomic mass is 35.5. The number of halogens is 1. The molecular formula is C25H21ClN2O5S2. The van der Waals surface area contributed by atoms with Gasteiger partial charge in [0, 0.05) is 21.4 Å². The summed E-state index contributed by atoms with van der Waals surface area (Å²) in [6.07, 6.45) is 0. The second kappa shape index (κ2) is 10.9. The second-order valence-corrected chi connectivity index (χ2v) is 9.65. The van der Waals surface area contributed by atoms with Gasteiger partial charge in [-0.15, -0.1) is 22.7 Å². The van der Waals surface area contributed by atoms with Crippen LogP contribution in [0.1, 0.15) is 50.1 Å². The number of H-pyrrole nitrogens is 2. The fraction of sp³-hybridized carbons (Fsp3) is 0.160. The summed E-state index contributed by atoms with van der Waals surface area (Å²) >= 11 is 8.72. The van der Waals surface area contributed by atoms with Gasteiger partial charge in [0.2, 0.25) is 5.78 Å². The van der Waals surface area contributed by atoms with Crippen LogP contribution in [0.5, 0.6) is 0 Å². The number of esters is 2. The van der Waals surface area contributed by atoms with Crippen molar-refractivity contribution in [1.82, 2.24) is 9.97 Å². The molecule has 4 heterocycles. The van der Waals surface area contributed by atoms with E-state index in [-0.39, 0.29) is 11.8 Å². The van der Waals surface area contributed by atoms with Crippen LogP contribution in [0.3, 0.4) is 0 Å². The SMILES string of the molecule is CCOC(=O)c1cc2cc(C(=O)c3ccc(Cl)cc3)sc2[nH]1.CCOC(=O)c1cc2ccsc2[nH]1. The van der Waals surface area contributed by atoms with Crippen molar-refractivity contribution in [3.8, 4) is 0 Å². The maximum Gasteiger partial charge on any atom is 0.354 e. The molecule has 35 heavy (non-hydrogen) atoms. The zero-order valence-corrected chi connectivity index (χ0v) is 21.2. The summed E-state index contributed by atoms with van der Waals surface area (Å²) in [5.74, 6) is -0.744. The fourth-order valence-electron chi connectivity index (χ4n) is 3.27. The zero-order chi connectivity index (χ0) is 24.9. The van der Waals surface area contributed by atoms with Crippen LogP contribution in [0.4, 0.5) is 0 Å². The van der Waals surface area contributed by atoms with Crippen LogP contribution in [-0.4, -0.2) is 40.9 Å². The van der Waals surface area contributed by atoms with Gasteiger partial charge in [0.25, 0.3) is 0 Å². The van der Waals surface area contributed by atoms with Gasteiger partial charge in [0.05, 0.1) is 18.1 Å². The molecule has 0 atom stereocenters. The smallest absolute Gasteiger partial charge is 0.354 e. The Morgan fingerprint density at radius 2 is 1.43 bits per heavy atom. The molecule has 10 heteroatoms. The average Bonchev–Trinajstić information content (AvgIpc) is 3.59. The first-order valence-electron chi connectivity index (χ1n) is 10.7. The zero-order valence-electron chi connectivity index (χ0n) is 18.8. The highest BCUT2D eigenvalue weighted by Crippen LogP contribution is 2.28. The van der Waals surface area contributed by atoms with Gasteiger partial charge in [-0.1, -0.05) is 11.6 Å². The Bertz CT molecular complexity index is 1430. The number of hydrogen-bond donors (Lipinski definition) is 2. The minimum atomic E-state index is -0.392. The molecule has 0 spiro atoms. The molecule has 2 N–H and O–H groups in total. The molecule has 0 fully saturated rings. The second-order valence-electron chi connectivity index (χ2n) is 7.24. The van der Waals surface area contributed by atoms with Gasteiger partial charge in [0.15, 0.2) is 0 Å². The van der Waals surface area contributed by atoms with Crippen molar-refractivity contribution >= 4 is 72.4 Å². The van der Waals surface area contributed by atoms with E-state index >= 15 is 0 Å². The number of ketones is 1. The first-order valence-corrected chi connectivity index (χ1v) is 12.8. The Labute approximate surface area is 213 Å². The summed E-state index contributed by atoms with van der Waals surface area (Å²) < 4.78 is 9.80. The van der Waals surface area contributed by atoms with Crippen LogP contribution < -0.4 is 0 Å². The highest BCUT2D eigenvalue weighted by molar-refractivity contribution is 7.20. The molecule has 7 nitrogen and oxygen atoms in total. The summed E-state index contributed by atoms with van der Waals surface area (Å²) in [6.45, 7) is 4.28. The molecule has 5 rings (SSSR count). The van der Waals surface area contributed by atoms with E-state index in [4.69, 9.17) is 21.1 Å². The van der Waals surface area contributed by atoms with Gasteiger partial charge in [-0.2, -0.15) is 0 Å². The standard InChI is InChI=1S/C16H12ClNO3S.C9H9NO2S/c1-2-21-16(20)12-7-10-8-13(22-15(10)18-12)14(19)9-3-5-11(17)6-4-9;1-2-12-9(11)7-5-6-3-4-13-8(6)10-7/h3-8,18H,2H2,1H3;3-5,10H,2H2,1H3. The molecule has 0 aliphatic heterocycles. The van der Waals surface area contributed by atoms with E-state index in [2.05, 4.69) is 9.97 Å². The van der Waals surface area contributed by atoms with E-state index in [1.54, 1.807) is 61.6 Å². The van der Waals surface area contributed by atoms with Crippen molar-refractivity contribution < 1.29 is 23.9 Å². The van der Waals surface area contributed by atoms with Crippen molar-refractivity contribution in [2.45, 2.75) is 13.8 Å². The molecule has 0 saturated heterocycles. The lowest BCUT2D eigenvalue weighted by Crippen LogP contribution is -2.04. The van der Waals surface area contributed by atoms with E-state index in [1.165, 1.54) is 11.3 Å². The largest absolute Gasteiger partial charge is 0.461 e. The topological polar surface area (TPSA) is 101 Å². The van der Waals surface area contributed by atoms with Crippen LogP contribution in [0.15, 0.2) is 53.9 Å². The predicted molar refractivity (Wildman–Crippen MR) is 139 cm³/mol. The lowest BCUT2D eigenvalue weighted by atomic mass is 10.1. The molecular weight excluding hydrogens is 508 g/mol. The third-order valence-electron chi connectivity index (χ3n) is 4.87. The Kier molecular flexibility index (Phi) is 7.70. The average molecular weight is 529 g/mol. The quantitative estimate of drug-likeness (QED) is 0.189. The summed E-state index contributed by atoms with van der Waals surface area (Å²) in [6, 6.07) is 14.0. The molecule has 0 radical (unpaired) electrons. The van der Waals surface area contributed by atoms with Crippen molar-refractivity contribution in [3.05, 3.63) is 80.8 Å². The first kappa shape index (κ1) is 24.7. The molecule has 0 unspecified atom stereocenters. The van der Waals surface area contributed by atoms with Crippen molar-refractivity contribution in [2.75, 3.05) is 13.2 Å². The molecule has 180 valence electrons. The molecule has 5 aromatic rings. The lowest BCUT2D eigenvalue weighted by Gasteiger charge is -1.98.